The largest absolute Gasteiger partial charge is 0.497 e. The number of amides is 3. The molecule has 3 aliphatic heterocycles. The van der Waals surface area contributed by atoms with Crippen LogP contribution in [0, 0.1) is 17.8 Å². The molecule has 3 unspecified atom stereocenters. The van der Waals surface area contributed by atoms with Crippen molar-refractivity contribution >= 4 is 29.1 Å². The Morgan fingerprint density at radius 3 is 2.21 bits per heavy atom. The lowest BCUT2D eigenvalue weighted by molar-refractivity contribution is -0.148. The van der Waals surface area contributed by atoms with Crippen molar-refractivity contribution in [2.45, 2.75) is 50.5 Å². The van der Waals surface area contributed by atoms with E-state index in [4.69, 9.17) is 9.47 Å². The first kappa shape index (κ1) is 30.5. The summed E-state index contributed by atoms with van der Waals surface area (Å²) >= 11 is 0. The maximum absolute atomic E-state index is 14.7. The van der Waals surface area contributed by atoms with Gasteiger partial charge in [0, 0.05) is 24.5 Å². The van der Waals surface area contributed by atoms with Crippen LogP contribution in [0.5, 0.6) is 5.75 Å². The number of rotatable bonds is 11. The fourth-order valence-electron chi connectivity index (χ4n) is 7.48. The Kier molecular flexibility index (Phi) is 8.24. The van der Waals surface area contributed by atoms with Crippen LogP contribution in [-0.2, 0) is 19.1 Å². The minimum atomic E-state index is -1.26. The molecule has 2 aromatic carbocycles. The third kappa shape index (κ3) is 4.66. The zero-order valence-corrected chi connectivity index (χ0v) is 25.3. The lowest BCUT2D eigenvalue weighted by atomic mass is 9.62. The molecule has 3 saturated heterocycles. The number of nitrogens with zero attached hydrogens (tertiary/aromatic N) is 3. The van der Waals surface area contributed by atoms with Gasteiger partial charge < -0.3 is 29.3 Å². The van der Waals surface area contributed by atoms with Crippen LogP contribution in [0.4, 0.5) is 11.4 Å². The Balaban J connectivity index is 1.62. The molecule has 2 bridgehead atoms. The maximum Gasteiger partial charge on any atom is 0.253 e. The molecule has 9 heteroatoms. The van der Waals surface area contributed by atoms with Crippen molar-refractivity contribution in [2.24, 2.45) is 17.8 Å². The van der Waals surface area contributed by atoms with Gasteiger partial charge in [0.15, 0.2) is 0 Å². The van der Waals surface area contributed by atoms with E-state index in [9.17, 15) is 19.5 Å². The van der Waals surface area contributed by atoms with Crippen LogP contribution in [0.3, 0.4) is 0 Å². The van der Waals surface area contributed by atoms with E-state index in [0.29, 0.717) is 23.5 Å². The van der Waals surface area contributed by atoms with E-state index < -0.39 is 35.1 Å². The number of aliphatic hydroxyl groups excluding tert-OH is 1. The van der Waals surface area contributed by atoms with Crippen molar-refractivity contribution in [1.82, 2.24) is 4.90 Å². The monoisotopic (exact) mass is 587 g/mol. The van der Waals surface area contributed by atoms with E-state index in [-0.39, 0.29) is 43.3 Å². The van der Waals surface area contributed by atoms with Crippen LogP contribution < -0.4 is 14.5 Å². The number of benzene rings is 2. The summed E-state index contributed by atoms with van der Waals surface area (Å²) in [5.74, 6) is -2.18. The molecule has 3 aliphatic rings. The van der Waals surface area contributed by atoms with Crippen molar-refractivity contribution in [1.29, 1.82) is 0 Å². The van der Waals surface area contributed by atoms with Crippen molar-refractivity contribution < 1.29 is 29.0 Å². The molecule has 9 nitrogen and oxygen atoms in total. The maximum atomic E-state index is 14.7. The summed E-state index contributed by atoms with van der Waals surface area (Å²) in [5.41, 5.74) is -0.942. The normalized spacial score (nSPS) is 29.6. The van der Waals surface area contributed by atoms with Crippen LogP contribution >= 0.6 is 0 Å². The number of anilines is 2. The summed E-state index contributed by atoms with van der Waals surface area (Å²) in [4.78, 5) is 48.5. The van der Waals surface area contributed by atoms with E-state index in [0.717, 1.165) is 0 Å². The molecule has 7 atom stereocenters. The number of para-hydroxylation sites is 1. The van der Waals surface area contributed by atoms with Crippen molar-refractivity contribution in [3.8, 4) is 5.75 Å². The summed E-state index contributed by atoms with van der Waals surface area (Å²) < 4.78 is 12.2. The fourth-order valence-corrected chi connectivity index (χ4v) is 7.48. The molecule has 0 aliphatic carbocycles. The average Bonchev–Trinajstić information content (AvgIpc) is 3.54. The lowest BCUT2D eigenvalue weighted by Crippen LogP contribution is -2.58. The molecule has 0 aromatic heterocycles. The van der Waals surface area contributed by atoms with Gasteiger partial charge in [0.05, 0.1) is 37.2 Å². The highest BCUT2D eigenvalue weighted by Crippen LogP contribution is 2.66. The second kappa shape index (κ2) is 11.6. The smallest absolute Gasteiger partial charge is 0.253 e. The summed E-state index contributed by atoms with van der Waals surface area (Å²) in [7, 11) is 1.57. The lowest BCUT2D eigenvalue weighted by Gasteiger charge is -2.39. The Morgan fingerprint density at radius 2 is 1.65 bits per heavy atom. The molecule has 0 saturated carbocycles. The molecule has 1 spiro atoms. The predicted molar refractivity (Wildman–Crippen MR) is 165 cm³/mol. The number of methoxy groups -OCH3 is 1. The molecule has 2 aromatic rings. The van der Waals surface area contributed by atoms with Crippen LogP contribution in [-0.4, -0.2) is 77.8 Å². The topological polar surface area (TPSA) is 99.6 Å². The van der Waals surface area contributed by atoms with Gasteiger partial charge in [0.25, 0.3) is 5.91 Å². The van der Waals surface area contributed by atoms with Crippen molar-refractivity contribution in [3.63, 3.8) is 0 Å². The van der Waals surface area contributed by atoms with E-state index in [1.54, 1.807) is 60.3 Å². The number of carbonyl (C=O) groups is 3. The van der Waals surface area contributed by atoms with E-state index in [2.05, 4.69) is 13.2 Å². The van der Waals surface area contributed by atoms with Gasteiger partial charge in [0.1, 0.15) is 17.4 Å². The van der Waals surface area contributed by atoms with E-state index >= 15 is 0 Å². The van der Waals surface area contributed by atoms with Crippen LogP contribution in [0.1, 0.15) is 27.2 Å². The fraction of sp³-hybridized carbons (Fsp3) is 0.441. The third-order valence-electron chi connectivity index (χ3n) is 9.60. The summed E-state index contributed by atoms with van der Waals surface area (Å²) in [6, 6.07) is 14.6. The minimum Gasteiger partial charge on any atom is -0.497 e. The van der Waals surface area contributed by atoms with Crippen molar-refractivity contribution in [2.75, 3.05) is 36.6 Å². The summed E-state index contributed by atoms with van der Waals surface area (Å²) in [6.45, 7) is 13.4. The Morgan fingerprint density at radius 1 is 1.07 bits per heavy atom. The minimum absolute atomic E-state index is 0.125. The van der Waals surface area contributed by atoms with Gasteiger partial charge >= 0.3 is 0 Å². The second-order valence-corrected chi connectivity index (χ2v) is 12.0. The van der Waals surface area contributed by atoms with Gasteiger partial charge in [-0.15, -0.1) is 13.2 Å². The van der Waals surface area contributed by atoms with Gasteiger partial charge in [-0.3, -0.25) is 14.4 Å². The highest BCUT2D eigenvalue weighted by atomic mass is 16.5. The van der Waals surface area contributed by atoms with Gasteiger partial charge in [-0.25, -0.2) is 0 Å². The molecular formula is C34H41N3O6. The SMILES string of the molecule is C=CCN(C(=O)C1N([C@H](C)CO)C(=O)[C@@H]2[C@H](C(=O)N(CC=C)c3ccccc3)[C@@]3(C)OC12CC3C)c1ccc(OC)cc1. The summed E-state index contributed by atoms with van der Waals surface area (Å²) in [5, 5.41) is 10.3. The standard InChI is InChI=1S/C34H41N3O6/c1-7-18-35(24-12-10-9-11-13-24)30(39)27-28-31(40)37(23(4)21-38)29(34(28)20-22(3)33(27,5)43-34)32(41)36(19-8-2)25-14-16-26(42-6)17-15-25/h7-17,22-23,27-29,38H,1-2,18-21H2,3-6H3/t22?,23-,27-,28+,29?,33+,34?/m1/s1. The molecule has 1 N–H and O–H groups in total. The molecular weight excluding hydrogens is 546 g/mol. The van der Waals surface area contributed by atoms with E-state index in [1.807, 2.05) is 44.2 Å². The third-order valence-corrected chi connectivity index (χ3v) is 9.60. The van der Waals surface area contributed by atoms with Gasteiger partial charge in [-0.05, 0) is 62.6 Å². The first-order valence-corrected chi connectivity index (χ1v) is 14.8. The number of aliphatic hydroxyl groups is 1. The Bertz CT molecular complexity index is 1400. The van der Waals surface area contributed by atoms with Gasteiger partial charge in [-0.1, -0.05) is 37.3 Å². The molecule has 3 heterocycles. The molecule has 43 heavy (non-hydrogen) atoms. The number of hydrogen-bond acceptors (Lipinski definition) is 6. The number of carbonyl (C=O) groups excluding carboxylic acids is 3. The number of hydrogen-bond donors (Lipinski definition) is 1. The van der Waals surface area contributed by atoms with Crippen LogP contribution in [0.25, 0.3) is 0 Å². The highest BCUT2D eigenvalue weighted by molar-refractivity contribution is 6.07. The predicted octanol–water partition coefficient (Wildman–Crippen LogP) is 3.82. The van der Waals surface area contributed by atoms with Crippen LogP contribution in [0.15, 0.2) is 79.9 Å². The quantitative estimate of drug-likeness (QED) is 0.402. The first-order valence-electron chi connectivity index (χ1n) is 14.8. The Hall–Kier alpha value is -3.95. The second-order valence-electron chi connectivity index (χ2n) is 12.0. The van der Waals surface area contributed by atoms with Gasteiger partial charge in [0.2, 0.25) is 11.8 Å². The first-order chi connectivity index (χ1) is 20.6. The molecule has 3 fully saturated rings. The number of fused-ring (bicyclic) bond motifs is 1. The van der Waals surface area contributed by atoms with Crippen molar-refractivity contribution in [3.05, 3.63) is 79.9 Å². The van der Waals surface area contributed by atoms with Crippen LogP contribution in [0.2, 0.25) is 0 Å². The summed E-state index contributed by atoms with van der Waals surface area (Å²) in [6.07, 6.45) is 3.71. The highest BCUT2D eigenvalue weighted by Gasteiger charge is 2.80. The molecule has 228 valence electrons. The molecule has 0 radical (unpaired) electrons. The zero-order valence-electron chi connectivity index (χ0n) is 25.3. The Labute approximate surface area is 253 Å². The molecule has 3 amide bonds. The van der Waals surface area contributed by atoms with E-state index in [1.165, 1.54) is 4.90 Å². The van der Waals surface area contributed by atoms with Gasteiger partial charge in [-0.2, -0.15) is 0 Å². The zero-order chi connectivity index (χ0) is 31.1. The number of likely N-dealkylation sites (tertiary alicyclic amines) is 1. The molecule has 5 rings (SSSR count). The average molecular weight is 588 g/mol. The number of ether oxygens (including phenoxy) is 2.